The zero-order chi connectivity index (χ0) is 22.8. The highest BCUT2D eigenvalue weighted by Gasteiger charge is 2.19. The van der Waals surface area contributed by atoms with Gasteiger partial charge in [-0.05, 0) is 43.9 Å². The lowest BCUT2D eigenvalue weighted by Crippen LogP contribution is -2.42. The number of unbranched alkanes of at least 4 members (excludes halogenated alkanes) is 4. The van der Waals surface area contributed by atoms with Crippen LogP contribution >= 0.6 is 0 Å². The van der Waals surface area contributed by atoms with Gasteiger partial charge < -0.3 is 19.6 Å². The molecule has 170 valence electrons. The third-order valence-corrected chi connectivity index (χ3v) is 5.39. The van der Waals surface area contributed by atoms with Gasteiger partial charge in [-0.3, -0.25) is 4.79 Å². The molecule has 0 radical (unpaired) electrons. The van der Waals surface area contributed by atoms with Gasteiger partial charge in [-0.2, -0.15) is 0 Å². The Morgan fingerprint density at radius 3 is 2.55 bits per heavy atom. The number of carboxylic acids is 1. The molecule has 2 rings (SSSR count). The molecule has 2 aromatic rings. The van der Waals surface area contributed by atoms with Crippen molar-refractivity contribution in [3.05, 3.63) is 39.7 Å². The van der Waals surface area contributed by atoms with Crippen LogP contribution in [-0.4, -0.2) is 29.6 Å². The van der Waals surface area contributed by atoms with Crippen LogP contribution in [0.4, 0.5) is 0 Å². The van der Waals surface area contributed by atoms with Crippen LogP contribution in [0.1, 0.15) is 69.9 Å². The summed E-state index contributed by atoms with van der Waals surface area (Å²) >= 11 is 0. The Morgan fingerprint density at radius 2 is 1.87 bits per heavy atom. The first kappa shape index (κ1) is 24.4. The summed E-state index contributed by atoms with van der Waals surface area (Å²) in [4.78, 5) is 35.8. The van der Waals surface area contributed by atoms with E-state index in [1.807, 2.05) is 19.9 Å². The van der Waals surface area contributed by atoms with Crippen molar-refractivity contribution >= 4 is 22.8 Å². The third kappa shape index (κ3) is 7.12. The van der Waals surface area contributed by atoms with Gasteiger partial charge in [0.05, 0.1) is 0 Å². The lowest BCUT2D eigenvalue weighted by atomic mass is 10.0. The van der Waals surface area contributed by atoms with E-state index in [4.69, 9.17) is 9.15 Å². The minimum atomic E-state index is -1.06. The van der Waals surface area contributed by atoms with Crippen molar-refractivity contribution in [2.24, 2.45) is 0 Å². The molecule has 7 nitrogen and oxygen atoms in total. The molecule has 2 N–H and O–H groups in total. The highest BCUT2D eigenvalue weighted by molar-refractivity contribution is 5.85. The lowest BCUT2D eigenvalue weighted by molar-refractivity contribution is -0.142. The Bertz CT molecular complexity index is 949. The van der Waals surface area contributed by atoms with Crippen LogP contribution < -0.4 is 15.7 Å². The van der Waals surface area contributed by atoms with Crippen molar-refractivity contribution in [1.82, 2.24) is 5.32 Å². The molecule has 0 saturated heterocycles. The summed E-state index contributed by atoms with van der Waals surface area (Å²) in [5.41, 5.74) is 1.69. The standard InChI is InChI=1S/C24H33NO6/c1-4-6-8-9-10-19-16(3)18-13-12-17(14-21(18)31-24(19)29)30-15-22(26)25-20(23(27)28)11-7-5-2/h12-14,20H,4-11,15H2,1-3H3,(H,25,26)(H,27,28)/t20-/m1/s1. The summed E-state index contributed by atoms with van der Waals surface area (Å²) in [6, 6.07) is 4.19. The molecular weight excluding hydrogens is 398 g/mol. The molecule has 7 heteroatoms. The van der Waals surface area contributed by atoms with Crippen LogP contribution in [0.2, 0.25) is 0 Å². The highest BCUT2D eigenvalue weighted by atomic mass is 16.5. The monoisotopic (exact) mass is 431 g/mol. The number of carboxylic acid groups (broad SMARTS) is 1. The van der Waals surface area contributed by atoms with Crippen LogP contribution in [0.15, 0.2) is 27.4 Å². The Labute approximate surface area is 182 Å². The number of hydrogen-bond acceptors (Lipinski definition) is 5. The van der Waals surface area contributed by atoms with Gasteiger partial charge in [-0.1, -0.05) is 46.0 Å². The molecule has 1 heterocycles. The number of rotatable bonds is 13. The number of nitrogens with one attached hydrogen (secondary N) is 1. The molecule has 0 fully saturated rings. The smallest absolute Gasteiger partial charge is 0.339 e. The molecule has 0 spiro atoms. The van der Waals surface area contributed by atoms with Crippen LogP contribution in [0.25, 0.3) is 11.0 Å². The molecule has 1 atom stereocenters. The topological polar surface area (TPSA) is 106 Å². The number of amides is 1. The maximum Gasteiger partial charge on any atom is 0.339 e. The first-order valence-corrected chi connectivity index (χ1v) is 11.1. The second kappa shape index (κ2) is 12.1. The molecule has 0 saturated carbocycles. The van der Waals surface area contributed by atoms with Crippen LogP contribution in [0.3, 0.4) is 0 Å². The van der Waals surface area contributed by atoms with E-state index in [0.717, 1.165) is 43.1 Å². The lowest BCUT2D eigenvalue weighted by Gasteiger charge is -2.14. The number of fused-ring (bicyclic) bond motifs is 1. The molecule has 1 aromatic heterocycles. The number of carbonyl (C=O) groups excluding carboxylic acids is 1. The first-order chi connectivity index (χ1) is 14.9. The summed E-state index contributed by atoms with van der Waals surface area (Å²) in [7, 11) is 0. The summed E-state index contributed by atoms with van der Waals surface area (Å²) < 4.78 is 11.0. The van der Waals surface area contributed by atoms with E-state index < -0.39 is 17.9 Å². The van der Waals surface area contributed by atoms with E-state index in [0.29, 0.717) is 36.2 Å². The fourth-order valence-corrected chi connectivity index (χ4v) is 3.53. The molecule has 0 aliphatic carbocycles. The number of aryl methyl sites for hydroxylation is 1. The minimum absolute atomic E-state index is 0.319. The highest BCUT2D eigenvalue weighted by Crippen LogP contribution is 2.25. The second-order valence-corrected chi connectivity index (χ2v) is 7.85. The van der Waals surface area contributed by atoms with Gasteiger partial charge in [0.1, 0.15) is 17.4 Å². The summed E-state index contributed by atoms with van der Waals surface area (Å²) in [6.07, 6.45) is 6.96. The molecule has 0 bridgehead atoms. The number of carbonyl (C=O) groups is 2. The van der Waals surface area contributed by atoms with E-state index in [1.54, 1.807) is 12.1 Å². The van der Waals surface area contributed by atoms with Gasteiger partial charge in [0, 0.05) is 17.0 Å². The normalized spacial score (nSPS) is 12.0. The van der Waals surface area contributed by atoms with Crippen molar-refractivity contribution < 1.29 is 23.8 Å². The van der Waals surface area contributed by atoms with E-state index >= 15 is 0 Å². The third-order valence-electron chi connectivity index (χ3n) is 5.39. The molecule has 0 aliphatic heterocycles. The van der Waals surface area contributed by atoms with Crippen LogP contribution in [-0.2, 0) is 16.0 Å². The van der Waals surface area contributed by atoms with Crippen LogP contribution in [0.5, 0.6) is 5.75 Å². The van der Waals surface area contributed by atoms with Crippen molar-refractivity contribution in [2.45, 2.75) is 78.2 Å². The fourth-order valence-electron chi connectivity index (χ4n) is 3.53. The Kier molecular flexibility index (Phi) is 9.56. The molecule has 1 amide bonds. The van der Waals surface area contributed by atoms with E-state index in [-0.39, 0.29) is 12.2 Å². The van der Waals surface area contributed by atoms with E-state index in [1.165, 1.54) is 0 Å². The van der Waals surface area contributed by atoms with Crippen molar-refractivity contribution in [1.29, 1.82) is 0 Å². The average Bonchev–Trinajstić information content (AvgIpc) is 2.74. The maximum absolute atomic E-state index is 12.4. The number of ether oxygens (including phenoxy) is 1. The fraction of sp³-hybridized carbons (Fsp3) is 0.542. The quantitative estimate of drug-likeness (QED) is 0.360. The number of aliphatic carboxylic acids is 1. The summed E-state index contributed by atoms with van der Waals surface area (Å²) in [5.74, 6) is -1.19. The minimum Gasteiger partial charge on any atom is -0.484 e. The molecular formula is C24H33NO6. The largest absolute Gasteiger partial charge is 0.484 e. The average molecular weight is 432 g/mol. The first-order valence-electron chi connectivity index (χ1n) is 11.1. The zero-order valence-electron chi connectivity index (χ0n) is 18.7. The predicted molar refractivity (Wildman–Crippen MR) is 120 cm³/mol. The van der Waals surface area contributed by atoms with E-state index in [9.17, 15) is 19.5 Å². The van der Waals surface area contributed by atoms with Gasteiger partial charge in [0.15, 0.2) is 6.61 Å². The van der Waals surface area contributed by atoms with Crippen molar-refractivity contribution in [3.8, 4) is 5.75 Å². The van der Waals surface area contributed by atoms with Gasteiger partial charge in [-0.15, -0.1) is 0 Å². The van der Waals surface area contributed by atoms with Crippen LogP contribution in [0, 0.1) is 6.92 Å². The van der Waals surface area contributed by atoms with E-state index in [2.05, 4.69) is 12.2 Å². The Balaban J connectivity index is 2.05. The predicted octanol–water partition coefficient (Wildman–Crippen LogP) is 4.36. The Hall–Kier alpha value is -2.83. The van der Waals surface area contributed by atoms with Gasteiger partial charge in [0.25, 0.3) is 5.91 Å². The summed E-state index contributed by atoms with van der Waals surface area (Å²) in [5, 5.41) is 12.5. The van der Waals surface area contributed by atoms with Gasteiger partial charge >= 0.3 is 11.6 Å². The molecule has 1 aromatic carbocycles. The Morgan fingerprint density at radius 1 is 1.13 bits per heavy atom. The number of benzene rings is 1. The summed E-state index contributed by atoms with van der Waals surface area (Å²) in [6.45, 7) is 5.71. The second-order valence-electron chi connectivity index (χ2n) is 7.85. The maximum atomic E-state index is 12.4. The molecule has 0 aliphatic rings. The SMILES string of the molecule is CCCCCCc1c(C)c2ccc(OCC(=O)N[C@H](CCCC)C(=O)O)cc2oc1=O. The zero-order valence-corrected chi connectivity index (χ0v) is 18.7. The van der Waals surface area contributed by atoms with Crippen molar-refractivity contribution in [3.63, 3.8) is 0 Å². The van der Waals surface area contributed by atoms with Gasteiger partial charge in [0.2, 0.25) is 0 Å². The van der Waals surface area contributed by atoms with Crippen molar-refractivity contribution in [2.75, 3.05) is 6.61 Å². The number of hydrogen-bond donors (Lipinski definition) is 2. The molecule has 31 heavy (non-hydrogen) atoms. The molecule has 0 unspecified atom stereocenters. The van der Waals surface area contributed by atoms with Gasteiger partial charge in [-0.25, -0.2) is 9.59 Å².